The summed E-state index contributed by atoms with van der Waals surface area (Å²) in [5, 5.41) is 9.09. The molecule has 1 aromatic carbocycles. The second-order valence-corrected chi connectivity index (χ2v) is 2.87. The van der Waals surface area contributed by atoms with Gasteiger partial charge in [0.1, 0.15) is 11.8 Å². The lowest BCUT2D eigenvalue weighted by atomic mass is 10.1. The topological polar surface area (TPSA) is 59.0 Å². The molecule has 0 unspecified atom stereocenters. The van der Waals surface area contributed by atoms with Crippen molar-refractivity contribution in [2.24, 2.45) is 5.73 Å². The number of nitrogens with two attached hydrogens (primary N) is 1. The largest absolute Gasteiger partial charge is 0.496 e. The molecule has 0 aliphatic heterocycles. The number of hydrogen-bond donors (Lipinski definition) is 1. The van der Waals surface area contributed by atoms with Gasteiger partial charge in [-0.05, 0) is 12.1 Å². The van der Waals surface area contributed by atoms with Crippen LogP contribution in [0.4, 0.5) is 0 Å². The molecule has 1 aromatic rings. The van der Waals surface area contributed by atoms with Crippen molar-refractivity contribution in [3.8, 4) is 11.8 Å². The van der Waals surface area contributed by atoms with E-state index in [1.807, 2.05) is 6.07 Å². The Bertz CT molecular complexity index is 357. The van der Waals surface area contributed by atoms with Gasteiger partial charge in [-0.3, -0.25) is 0 Å². The average Bonchev–Trinajstić information content (AvgIpc) is 2.17. The Morgan fingerprint density at radius 1 is 1.62 bits per heavy atom. The molecule has 0 atom stereocenters. The molecule has 0 saturated carbocycles. The van der Waals surface area contributed by atoms with E-state index >= 15 is 0 Å². The predicted molar refractivity (Wildman–Crippen MR) is 50.6 cm³/mol. The van der Waals surface area contributed by atoms with Crippen LogP contribution in [-0.2, 0) is 6.54 Å². The van der Waals surface area contributed by atoms with Gasteiger partial charge < -0.3 is 10.5 Å². The minimum atomic E-state index is 0.342. The summed E-state index contributed by atoms with van der Waals surface area (Å²) in [5.41, 5.74) is 6.66. The lowest BCUT2D eigenvalue weighted by molar-refractivity contribution is 0.409. The van der Waals surface area contributed by atoms with Gasteiger partial charge in [-0.1, -0.05) is 11.6 Å². The molecule has 0 aliphatic carbocycles. The molecule has 3 nitrogen and oxygen atoms in total. The molecule has 0 aromatic heterocycles. The summed E-state index contributed by atoms with van der Waals surface area (Å²) in [6.45, 7) is 0.342. The maximum atomic E-state index is 8.68. The Hall–Kier alpha value is -1.24. The fourth-order valence-electron chi connectivity index (χ4n) is 1.03. The van der Waals surface area contributed by atoms with E-state index in [0.717, 1.165) is 5.56 Å². The van der Waals surface area contributed by atoms with Crippen LogP contribution in [0.1, 0.15) is 11.1 Å². The van der Waals surface area contributed by atoms with E-state index < -0.39 is 0 Å². The van der Waals surface area contributed by atoms with Crippen LogP contribution in [0.15, 0.2) is 12.1 Å². The molecule has 13 heavy (non-hydrogen) atoms. The van der Waals surface area contributed by atoms with Crippen molar-refractivity contribution in [3.05, 3.63) is 28.3 Å². The second-order valence-electron chi connectivity index (χ2n) is 2.46. The minimum absolute atomic E-state index is 0.342. The summed E-state index contributed by atoms with van der Waals surface area (Å²) < 4.78 is 5.04. The third-order valence-corrected chi connectivity index (χ3v) is 2.02. The first-order valence-electron chi connectivity index (χ1n) is 3.69. The van der Waals surface area contributed by atoms with E-state index in [2.05, 4.69) is 0 Å². The summed E-state index contributed by atoms with van der Waals surface area (Å²) in [7, 11) is 1.53. The van der Waals surface area contributed by atoms with Crippen LogP contribution >= 0.6 is 11.6 Å². The van der Waals surface area contributed by atoms with Crippen molar-refractivity contribution in [1.82, 2.24) is 0 Å². The van der Waals surface area contributed by atoms with E-state index in [4.69, 9.17) is 27.3 Å². The lowest BCUT2D eigenvalue weighted by Crippen LogP contribution is -2.00. The predicted octanol–water partition coefficient (Wildman–Crippen LogP) is 1.68. The lowest BCUT2D eigenvalue weighted by Gasteiger charge is -2.07. The number of benzene rings is 1. The van der Waals surface area contributed by atoms with Crippen LogP contribution in [0.5, 0.6) is 5.75 Å². The number of nitriles is 1. The van der Waals surface area contributed by atoms with Gasteiger partial charge in [0.15, 0.2) is 0 Å². The molecule has 0 radical (unpaired) electrons. The smallest absolute Gasteiger partial charge is 0.124 e. The van der Waals surface area contributed by atoms with E-state index in [9.17, 15) is 0 Å². The maximum Gasteiger partial charge on any atom is 0.124 e. The zero-order valence-electron chi connectivity index (χ0n) is 7.17. The summed E-state index contributed by atoms with van der Waals surface area (Å²) in [6.07, 6.45) is 0. The number of hydrogen-bond acceptors (Lipinski definition) is 3. The first-order chi connectivity index (χ1) is 6.22. The number of methoxy groups -OCH3 is 1. The molecule has 0 amide bonds. The quantitative estimate of drug-likeness (QED) is 0.783. The van der Waals surface area contributed by atoms with E-state index in [1.54, 1.807) is 12.1 Å². The molecule has 0 spiro atoms. The molecule has 4 heteroatoms. The normalized spacial score (nSPS) is 9.38. The highest BCUT2D eigenvalue weighted by molar-refractivity contribution is 6.31. The molecule has 0 saturated heterocycles. The average molecular weight is 197 g/mol. The Labute approximate surface area is 81.7 Å². The zero-order valence-corrected chi connectivity index (χ0v) is 7.93. The summed E-state index contributed by atoms with van der Waals surface area (Å²) in [6, 6.07) is 5.21. The molecular formula is C9H9ClN2O. The van der Waals surface area contributed by atoms with Crippen LogP contribution in [0, 0.1) is 11.3 Å². The standard InChI is InChI=1S/C9H9ClN2O/c1-13-9-3-6(4-11)8(10)2-7(9)5-12/h2-3H,5,12H2,1H3. The van der Waals surface area contributed by atoms with Crippen LogP contribution < -0.4 is 10.5 Å². The van der Waals surface area contributed by atoms with Gasteiger partial charge in [0.2, 0.25) is 0 Å². The number of halogens is 1. The summed E-state index contributed by atoms with van der Waals surface area (Å²) in [5.74, 6) is 0.600. The highest BCUT2D eigenvalue weighted by Crippen LogP contribution is 2.25. The minimum Gasteiger partial charge on any atom is -0.496 e. The van der Waals surface area contributed by atoms with E-state index in [1.165, 1.54) is 7.11 Å². The highest BCUT2D eigenvalue weighted by Gasteiger charge is 2.07. The number of rotatable bonds is 2. The number of ether oxygens (including phenoxy) is 1. The van der Waals surface area contributed by atoms with Gasteiger partial charge >= 0.3 is 0 Å². The number of nitrogens with zero attached hydrogens (tertiary/aromatic N) is 1. The van der Waals surface area contributed by atoms with E-state index in [0.29, 0.717) is 22.9 Å². The van der Waals surface area contributed by atoms with Gasteiger partial charge in [0.05, 0.1) is 17.7 Å². The van der Waals surface area contributed by atoms with Gasteiger partial charge in [-0.2, -0.15) is 5.26 Å². The van der Waals surface area contributed by atoms with Crippen molar-refractivity contribution in [2.45, 2.75) is 6.54 Å². The van der Waals surface area contributed by atoms with Crippen LogP contribution in [0.2, 0.25) is 5.02 Å². The third kappa shape index (κ3) is 1.92. The Morgan fingerprint density at radius 2 is 2.31 bits per heavy atom. The monoisotopic (exact) mass is 196 g/mol. The van der Waals surface area contributed by atoms with Gasteiger partial charge in [0.25, 0.3) is 0 Å². The Kier molecular flexibility index (Phi) is 3.13. The van der Waals surface area contributed by atoms with Crippen molar-refractivity contribution in [1.29, 1.82) is 5.26 Å². The summed E-state index contributed by atoms with van der Waals surface area (Å²) >= 11 is 5.80. The highest BCUT2D eigenvalue weighted by atomic mass is 35.5. The molecule has 68 valence electrons. The second kappa shape index (κ2) is 4.13. The molecule has 2 N–H and O–H groups in total. The molecule has 0 aliphatic rings. The maximum absolute atomic E-state index is 8.68. The van der Waals surface area contributed by atoms with Crippen LogP contribution in [-0.4, -0.2) is 7.11 Å². The SMILES string of the molecule is COc1cc(C#N)c(Cl)cc1CN. The molecule has 0 bridgehead atoms. The molecular weight excluding hydrogens is 188 g/mol. The molecule has 0 heterocycles. The van der Waals surface area contributed by atoms with Crippen molar-refractivity contribution < 1.29 is 4.74 Å². The van der Waals surface area contributed by atoms with Crippen molar-refractivity contribution in [3.63, 3.8) is 0 Å². The third-order valence-electron chi connectivity index (χ3n) is 1.71. The van der Waals surface area contributed by atoms with Gasteiger partial charge in [0, 0.05) is 12.1 Å². The van der Waals surface area contributed by atoms with Crippen molar-refractivity contribution >= 4 is 11.6 Å². The van der Waals surface area contributed by atoms with Crippen LogP contribution in [0.25, 0.3) is 0 Å². The first kappa shape index (κ1) is 9.85. The first-order valence-corrected chi connectivity index (χ1v) is 4.07. The van der Waals surface area contributed by atoms with Crippen molar-refractivity contribution in [2.75, 3.05) is 7.11 Å². The fourth-order valence-corrected chi connectivity index (χ4v) is 1.26. The molecule has 0 fully saturated rings. The van der Waals surface area contributed by atoms with Gasteiger partial charge in [-0.25, -0.2) is 0 Å². The Balaban J connectivity index is 3.28. The van der Waals surface area contributed by atoms with E-state index in [-0.39, 0.29) is 0 Å². The van der Waals surface area contributed by atoms with Crippen LogP contribution in [0.3, 0.4) is 0 Å². The fraction of sp³-hybridized carbons (Fsp3) is 0.222. The zero-order chi connectivity index (χ0) is 9.84. The Morgan fingerprint density at radius 3 is 2.77 bits per heavy atom. The summed E-state index contributed by atoms with van der Waals surface area (Å²) in [4.78, 5) is 0. The van der Waals surface area contributed by atoms with Gasteiger partial charge in [-0.15, -0.1) is 0 Å². The molecule has 1 rings (SSSR count).